The second-order valence-corrected chi connectivity index (χ2v) is 6.95. The van der Waals surface area contributed by atoms with Gasteiger partial charge in [0, 0.05) is 0 Å². The van der Waals surface area contributed by atoms with Crippen molar-refractivity contribution < 1.29 is 14.7 Å². The molecule has 0 atom stereocenters. The molecule has 0 aromatic heterocycles. The first-order valence-electron chi connectivity index (χ1n) is 7.85. The average molecular weight is 391 g/mol. The highest BCUT2D eigenvalue weighted by atomic mass is 35.5. The fourth-order valence-corrected chi connectivity index (χ4v) is 3.10. The summed E-state index contributed by atoms with van der Waals surface area (Å²) in [6.07, 6.45) is 1.59. The molecule has 1 heterocycles. The van der Waals surface area contributed by atoms with Gasteiger partial charge >= 0.3 is 6.03 Å². The SMILES string of the molecule is Cc1cc(/C=C2\NC(=O)N(Cc3ccc(Cl)c(Cl)c3)C2=O)cc(C)c1O. The number of urea groups is 1. The van der Waals surface area contributed by atoms with Gasteiger partial charge in [0.25, 0.3) is 5.91 Å². The van der Waals surface area contributed by atoms with Gasteiger partial charge in [0.1, 0.15) is 11.4 Å². The lowest BCUT2D eigenvalue weighted by Gasteiger charge is -2.12. The molecule has 0 radical (unpaired) electrons. The van der Waals surface area contributed by atoms with E-state index in [0.717, 1.165) is 10.5 Å². The Labute approximate surface area is 160 Å². The number of benzene rings is 2. The molecule has 2 aromatic rings. The molecule has 134 valence electrons. The zero-order valence-electron chi connectivity index (χ0n) is 14.1. The van der Waals surface area contributed by atoms with Crippen molar-refractivity contribution in [1.29, 1.82) is 0 Å². The van der Waals surface area contributed by atoms with Crippen LogP contribution in [0.5, 0.6) is 5.75 Å². The topological polar surface area (TPSA) is 69.6 Å². The van der Waals surface area contributed by atoms with Gasteiger partial charge in [-0.3, -0.25) is 9.69 Å². The van der Waals surface area contributed by atoms with Crippen LogP contribution in [0.25, 0.3) is 6.08 Å². The Hall–Kier alpha value is -2.50. The zero-order valence-corrected chi connectivity index (χ0v) is 15.6. The summed E-state index contributed by atoms with van der Waals surface area (Å²) in [6.45, 7) is 3.64. The third-order valence-corrected chi connectivity index (χ3v) is 4.85. The van der Waals surface area contributed by atoms with Crippen LogP contribution in [0.15, 0.2) is 36.0 Å². The first-order valence-corrected chi connectivity index (χ1v) is 8.60. The van der Waals surface area contributed by atoms with Crippen LogP contribution in [0, 0.1) is 13.8 Å². The highest BCUT2D eigenvalue weighted by Gasteiger charge is 2.33. The van der Waals surface area contributed by atoms with Crippen molar-refractivity contribution >= 4 is 41.2 Å². The number of carbonyl (C=O) groups is 2. The summed E-state index contributed by atoms with van der Waals surface area (Å²) in [6, 6.07) is 7.95. The number of carbonyl (C=O) groups excluding carboxylic acids is 2. The van der Waals surface area contributed by atoms with Crippen molar-refractivity contribution in [1.82, 2.24) is 10.2 Å². The van der Waals surface area contributed by atoms with E-state index in [2.05, 4.69) is 5.32 Å². The first kappa shape index (κ1) is 18.3. The third kappa shape index (κ3) is 3.54. The zero-order chi connectivity index (χ0) is 19.0. The van der Waals surface area contributed by atoms with Crippen LogP contribution < -0.4 is 5.32 Å². The Bertz CT molecular complexity index is 931. The second-order valence-electron chi connectivity index (χ2n) is 6.13. The summed E-state index contributed by atoms with van der Waals surface area (Å²) in [5.74, 6) is -0.209. The maximum Gasteiger partial charge on any atom is 0.329 e. The smallest absolute Gasteiger partial charge is 0.329 e. The molecule has 7 heteroatoms. The monoisotopic (exact) mass is 390 g/mol. The van der Waals surface area contributed by atoms with Gasteiger partial charge < -0.3 is 10.4 Å². The van der Waals surface area contributed by atoms with Gasteiger partial charge in [-0.1, -0.05) is 29.3 Å². The van der Waals surface area contributed by atoms with Crippen LogP contribution in [0.1, 0.15) is 22.3 Å². The van der Waals surface area contributed by atoms with Crippen LogP contribution >= 0.6 is 23.2 Å². The summed E-state index contributed by atoms with van der Waals surface area (Å²) >= 11 is 11.9. The Morgan fingerprint density at radius 2 is 1.73 bits per heavy atom. The molecular formula is C19H16Cl2N2O3. The molecular weight excluding hydrogens is 375 g/mol. The summed E-state index contributed by atoms with van der Waals surface area (Å²) in [4.78, 5) is 25.9. The van der Waals surface area contributed by atoms with Crippen molar-refractivity contribution in [2.45, 2.75) is 20.4 Å². The standard InChI is InChI=1S/C19H16Cl2N2O3/c1-10-5-13(6-11(2)17(10)24)8-16-18(25)23(19(26)22-16)9-12-3-4-14(20)15(21)7-12/h3-8,24H,9H2,1-2H3,(H,22,26)/b16-8-. The minimum absolute atomic E-state index is 0.0898. The van der Waals surface area contributed by atoms with Crippen molar-refractivity contribution in [2.24, 2.45) is 0 Å². The molecule has 3 amide bonds. The minimum atomic E-state index is -0.500. The number of phenols is 1. The number of phenolic OH excluding ortho intramolecular Hbond substituents is 1. The van der Waals surface area contributed by atoms with Gasteiger partial charge in [-0.2, -0.15) is 0 Å². The van der Waals surface area contributed by atoms with E-state index in [0.29, 0.717) is 26.7 Å². The van der Waals surface area contributed by atoms with Gasteiger partial charge in [-0.25, -0.2) is 4.79 Å². The summed E-state index contributed by atoms with van der Waals surface area (Å²) in [7, 11) is 0. The van der Waals surface area contributed by atoms with E-state index in [9.17, 15) is 14.7 Å². The fraction of sp³-hybridized carbons (Fsp3) is 0.158. The number of hydrogen-bond acceptors (Lipinski definition) is 3. The lowest BCUT2D eigenvalue weighted by Crippen LogP contribution is -2.30. The minimum Gasteiger partial charge on any atom is -0.507 e. The molecule has 0 bridgehead atoms. The molecule has 26 heavy (non-hydrogen) atoms. The Morgan fingerprint density at radius 1 is 1.08 bits per heavy atom. The Morgan fingerprint density at radius 3 is 2.35 bits per heavy atom. The molecule has 0 unspecified atom stereocenters. The van der Waals surface area contributed by atoms with Gasteiger partial charge in [0.2, 0.25) is 0 Å². The predicted octanol–water partition coefficient (Wildman–Crippen LogP) is 4.41. The molecule has 1 aliphatic rings. The van der Waals surface area contributed by atoms with Crippen LogP contribution in [-0.4, -0.2) is 21.9 Å². The highest BCUT2D eigenvalue weighted by molar-refractivity contribution is 6.42. The number of imide groups is 1. The molecule has 1 saturated heterocycles. The number of nitrogens with zero attached hydrogens (tertiary/aromatic N) is 1. The van der Waals surface area contributed by atoms with Crippen molar-refractivity contribution in [3.63, 3.8) is 0 Å². The molecule has 2 aromatic carbocycles. The largest absolute Gasteiger partial charge is 0.507 e. The van der Waals surface area contributed by atoms with E-state index < -0.39 is 11.9 Å². The van der Waals surface area contributed by atoms with Gasteiger partial charge in [0.05, 0.1) is 16.6 Å². The van der Waals surface area contributed by atoms with E-state index in [1.165, 1.54) is 0 Å². The lowest BCUT2D eigenvalue weighted by molar-refractivity contribution is -0.123. The van der Waals surface area contributed by atoms with E-state index in [-0.39, 0.29) is 18.0 Å². The summed E-state index contributed by atoms with van der Waals surface area (Å²) in [5.41, 5.74) is 2.99. The van der Waals surface area contributed by atoms with E-state index >= 15 is 0 Å². The molecule has 1 aliphatic heterocycles. The second kappa shape index (κ2) is 7.02. The van der Waals surface area contributed by atoms with Crippen LogP contribution in [0.4, 0.5) is 4.79 Å². The number of amides is 3. The normalized spacial score (nSPS) is 15.7. The number of aromatic hydroxyl groups is 1. The molecule has 1 fully saturated rings. The quantitative estimate of drug-likeness (QED) is 0.602. The Kier molecular flexibility index (Phi) is 4.94. The Balaban J connectivity index is 1.85. The average Bonchev–Trinajstić information content (AvgIpc) is 2.83. The molecule has 0 saturated carbocycles. The fourth-order valence-electron chi connectivity index (χ4n) is 2.78. The maximum absolute atomic E-state index is 12.6. The number of aryl methyl sites for hydroxylation is 2. The van der Waals surface area contributed by atoms with E-state index in [1.807, 2.05) is 0 Å². The number of halogens is 2. The molecule has 3 rings (SSSR count). The molecule has 0 aliphatic carbocycles. The molecule has 0 spiro atoms. The van der Waals surface area contributed by atoms with E-state index in [1.54, 1.807) is 50.3 Å². The summed E-state index contributed by atoms with van der Waals surface area (Å²) < 4.78 is 0. The van der Waals surface area contributed by atoms with Crippen LogP contribution in [0.2, 0.25) is 10.0 Å². The van der Waals surface area contributed by atoms with Gasteiger partial charge in [-0.15, -0.1) is 0 Å². The number of hydrogen-bond donors (Lipinski definition) is 2. The lowest BCUT2D eigenvalue weighted by atomic mass is 10.0. The van der Waals surface area contributed by atoms with Gasteiger partial charge in [0.15, 0.2) is 0 Å². The predicted molar refractivity (Wildman–Crippen MR) is 101 cm³/mol. The van der Waals surface area contributed by atoms with E-state index in [4.69, 9.17) is 23.2 Å². The van der Waals surface area contributed by atoms with Crippen LogP contribution in [0.3, 0.4) is 0 Å². The molecule has 2 N–H and O–H groups in total. The summed E-state index contributed by atoms with van der Waals surface area (Å²) in [5, 5.41) is 13.2. The third-order valence-electron chi connectivity index (χ3n) is 4.11. The van der Waals surface area contributed by atoms with Crippen molar-refractivity contribution in [3.8, 4) is 5.75 Å². The number of rotatable bonds is 3. The first-order chi connectivity index (χ1) is 12.3. The van der Waals surface area contributed by atoms with Gasteiger partial charge in [-0.05, 0) is 66.4 Å². The molecule has 5 nitrogen and oxygen atoms in total. The van der Waals surface area contributed by atoms with Crippen molar-refractivity contribution in [3.05, 3.63) is 68.3 Å². The highest BCUT2D eigenvalue weighted by Crippen LogP contribution is 2.26. The van der Waals surface area contributed by atoms with Crippen LogP contribution in [-0.2, 0) is 11.3 Å². The number of nitrogens with one attached hydrogen (secondary N) is 1. The van der Waals surface area contributed by atoms with Crippen molar-refractivity contribution in [2.75, 3.05) is 0 Å². The maximum atomic E-state index is 12.6.